The number of nitrogens with zero attached hydrogens (tertiary/aromatic N) is 1. The van der Waals surface area contributed by atoms with Crippen LogP contribution in [-0.2, 0) is 17.8 Å². The Morgan fingerprint density at radius 1 is 1.07 bits per heavy atom. The smallest absolute Gasteiger partial charge is 0.234 e. The highest BCUT2D eigenvalue weighted by atomic mass is 16.5. The molecule has 1 amide bonds. The summed E-state index contributed by atoms with van der Waals surface area (Å²) >= 11 is 0. The second-order valence-corrected chi connectivity index (χ2v) is 6.78. The van der Waals surface area contributed by atoms with Gasteiger partial charge in [-0.05, 0) is 31.2 Å². The predicted octanol–water partition coefficient (Wildman–Crippen LogP) is 2.98. The number of benzene rings is 2. The lowest BCUT2D eigenvalue weighted by molar-refractivity contribution is -0.122. The summed E-state index contributed by atoms with van der Waals surface area (Å²) < 4.78 is 10.8. The van der Waals surface area contributed by atoms with E-state index in [2.05, 4.69) is 22.4 Å². The van der Waals surface area contributed by atoms with Gasteiger partial charge in [0, 0.05) is 35.8 Å². The zero-order valence-electron chi connectivity index (χ0n) is 16.6. The lowest BCUT2D eigenvalue weighted by atomic mass is 10.1. The van der Waals surface area contributed by atoms with Crippen LogP contribution in [0.4, 0.5) is 0 Å². The number of para-hydroxylation sites is 2. The van der Waals surface area contributed by atoms with E-state index in [0.717, 1.165) is 17.5 Å². The minimum absolute atomic E-state index is 0.00389. The van der Waals surface area contributed by atoms with Crippen molar-refractivity contribution < 1.29 is 14.3 Å². The number of aromatic nitrogens is 1. The molecule has 0 bridgehead atoms. The van der Waals surface area contributed by atoms with Gasteiger partial charge in [0.25, 0.3) is 0 Å². The van der Waals surface area contributed by atoms with E-state index in [0.29, 0.717) is 31.1 Å². The van der Waals surface area contributed by atoms with Gasteiger partial charge in [0.15, 0.2) is 11.5 Å². The SMILES string of the molecule is COc1cccc(CN(C)CC(=O)NCCc2c[nH]c3ccccc23)c1OC. The maximum Gasteiger partial charge on any atom is 0.234 e. The van der Waals surface area contributed by atoms with Gasteiger partial charge in [0.05, 0.1) is 20.8 Å². The van der Waals surface area contributed by atoms with Crippen LogP contribution in [-0.4, -0.2) is 50.1 Å². The Morgan fingerprint density at radius 2 is 1.89 bits per heavy atom. The standard InChI is InChI=1S/C22H27N3O3/c1-25(14-17-7-6-10-20(27-2)22(17)28-3)15-21(26)23-12-11-16-13-24-19-9-5-4-8-18(16)19/h4-10,13,24H,11-12,14-15H2,1-3H3,(H,23,26). The van der Waals surface area contributed by atoms with Crippen LogP contribution in [0.1, 0.15) is 11.1 Å². The number of rotatable bonds is 9. The van der Waals surface area contributed by atoms with Crippen molar-refractivity contribution in [2.75, 3.05) is 34.4 Å². The molecule has 2 N–H and O–H groups in total. The molecule has 28 heavy (non-hydrogen) atoms. The van der Waals surface area contributed by atoms with E-state index >= 15 is 0 Å². The predicted molar refractivity (Wildman–Crippen MR) is 111 cm³/mol. The first-order valence-electron chi connectivity index (χ1n) is 9.32. The highest BCUT2D eigenvalue weighted by molar-refractivity contribution is 5.83. The molecule has 148 valence electrons. The molecule has 6 nitrogen and oxygen atoms in total. The van der Waals surface area contributed by atoms with Crippen molar-refractivity contribution in [1.82, 2.24) is 15.2 Å². The van der Waals surface area contributed by atoms with Crippen molar-refractivity contribution in [2.24, 2.45) is 0 Å². The number of hydrogen-bond acceptors (Lipinski definition) is 4. The van der Waals surface area contributed by atoms with Crippen LogP contribution in [0.5, 0.6) is 11.5 Å². The molecule has 0 radical (unpaired) electrons. The summed E-state index contributed by atoms with van der Waals surface area (Å²) in [6.45, 7) is 1.52. The van der Waals surface area contributed by atoms with Gasteiger partial charge in [0.2, 0.25) is 5.91 Å². The third-order valence-corrected chi connectivity index (χ3v) is 4.73. The topological polar surface area (TPSA) is 66.6 Å². The quantitative estimate of drug-likeness (QED) is 0.598. The number of H-pyrrole nitrogens is 1. The highest BCUT2D eigenvalue weighted by Gasteiger charge is 2.13. The van der Waals surface area contributed by atoms with E-state index in [1.807, 2.05) is 48.5 Å². The second-order valence-electron chi connectivity index (χ2n) is 6.78. The van der Waals surface area contributed by atoms with Gasteiger partial charge in [-0.25, -0.2) is 0 Å². The molecule has 0 fully saturated rings. The number of carbonyl (C=O) groups is 1. The summed E-state index contributed by atoms with van der Waals surface area (Å²) in [6, 6.07) is 14.0. The lowest BCUT2D eigenvalue weighted by Gasteiger charge is -2.19. The monoisotopic (exact) mass is 381 g/mol. The Hall–Kier alpha value is -2.99. The molecule has 0 saturated carbocycles. The highest BCUT2D eigenvalue weighted by Crippen LogP contribution is 2.31. The molecule has 0 aliphatic rings. The molecule has 6 heteroatoms. The third-order valence-electron chi connectivity index (χ3n) is 4.73. The molecule has 0 atom stereocenters. The zero-order valence-corrected chi connectivity index (χ0v) is 16.6. The van der Waals surface area contributed by atoms with Gasteiger partial charge in [-0.3, -0.25) is 9.69 Å². The summed E-state index contributed by atoms with van der Waals surface area (Å²) in [7, 11) is 5.16. The minimum atomic E-state index is 0.00389. The van der Waals surface area contributed by atoms with Crippen molar-refractivity contribution >= 4 is 16.8 Å². The number of nitrogens with one attached hydrogen (secondary N) is 2. The van der Waals surface area contributed by atoms with Gasteiger partial charge in [-0.15, -0.1) is 0 Å². The Bertz CT molecular complexity index is 936. The van der Waals surface area contributed by atoms with Crippen molar-refractivity contribution in [3.8, 4) is 11.5 Å². The van der Waals surface area contributed by atoms with Gasteiger partial charge in [-0.2, -0.15) is 0 Å². The first-order valence-corrected chi connectivity index (χ1v) is 9.32. The average molecular weight is 381 g/mol. The number of likely N-dealkylation sites (N-methyl/N-ethyl adjacent to an activating group) is 1. The van der Waals surface area contributed by atoms with Crippen LogP contribution >= 0.6 is 0 Å². The fourth-order valence-corrected chi connectivity index (χ4v) is 3.40. The van der Waals surface area contributed by atoms with E-state index in [1.54, 1.807) is 14.2 Å². The largest absolute Gasteiger partial charge is 0.493 e. The van der Waals surface area contributed by atoms with Crippen LogP contribution in [0.2, 0.25) is 0 Å². The molecule has 0 saturated heterocycles. The summed E-state index contributed by atoms with van der Waals surface area (Å²) in [4.78, 5) is 17.5. The van der Waals surface area contributed by atoms with E-state index in [1.165, 1.54) is 10.9 Å². The maximum absolute atomic E-state index is 12.3. The van der Waals surface area contributed by atoms with E-state index in [9.17, 15) is 4.79 Å². The number of hydrogen-bond donors (Lipinski definition) is 2. The Labute approximate surface area is 165 Å². The molecule has 1 heterocycles. The first kappa shape index (κ1) is 19.8. The maximum atomic E-state index is 12.3. The number of aromatic amines is 1. The minimum Gasteiger partial charge on any atom is -0.493 e. The molecule has 0 unspecified atom stereocenters. The van der Waals surface area contributed by atoms with Crippen LogP contribution in [0.25, 0.3) is 10.9 Å². The molecular weight excluding hydrogens is 354 g/mol. The number of methoxy groups -OCH3 is 2. The average Bonchev–Trinajstić information content (AvgIpc) is 3.11. The molecule has 2 aromatic carbocycles. The number of ether oxygens (including phenoxy) is 2. The van der Waals surface area contributed by atoms with Gasteiger partial charge >= 0.3 is 0 Å². The van der Waals surface area contributed by atoms with E-state index < -0.39 is 0 Å². The second kappa shape index (κ2) is 9.28. The van der Waals surface area contributed by atoms with Crippen molar-refractivity contribution in [3.63, 3.8) is 0 Å². The number of carbonyl (C=O) groups excluding carboxylic acids is 1. The fourth-order valence-electron chi connectivity index (χ4n) is 3.40. The van der Waals surface area contributed by atoms with E-state index in [-0.39, 0.29) is 5.91 Å². The fraction of sp³-hybridized carbons (Fsp3) is 0.318. The van der Waals surface area contributed by atoms with Gasteiger partial charge < -0.3 is 19.8 Å². The Balaban J connectivity index is 1.49. The Kier molecular flexibility index (Phi) is 6.55. The Morgan fingerprint density at radius 3 is 2.68 bits per heavy atom. The van der Waals surface area contributed by atoms with Crippen LogP contribution in [0.3, 0.4) is 0 Å². The molecular formula is C22H27N3O3. The van der Waals surface area contributed by atoms with Crippen LogP contribution < -0.4 is 14.8 Å². The molecule has 0 aliphatic carbocycles. The lowest BCUT2D eigenvalue weighted by Crippen LogP contribution is -2.35. The summed E-state index contributed by atoms with van der Waals surface area (Å²) in [5.74, 6) is 1.40. The van der Waals surface area contributed by atoms with Crippen LogP contribution in [0.15, 0.2) is 48.7 Å². The molecule has 1 aromatic heterocycles. The van der Waals surface area contributed by atoms with Crippen molar-refractivity contribution in [3.05, 3.63) is 59.8 Å². The third kappa shape index (κ3) is 4.64. The first-order chi connectivity index (χ1) is 13.6. The number of fused-ring (bicyclic) bond motifs is 1. The summed E-state index contributed by atoms with van der Waals surface area (Å²) in [6.07, 6.45) is 2.81. The zero-order chi connectivity index (χ0) is 19.9. The molecule has 3 rings (SSSR count). The van der Waals surface area contributed by atoms with E-state index in [4.69, 9.17) is 9.47 Å². The van der Waals surface area contributed by atoms with Gasteiger partial charge in [0.1, 0.15) is 0 Å². The normalized spacial score (nSPS) is 11.0. The molecule has 0 spiro atoms. The number of amides is 1. The summed E-state index contributed by atoms with van der Waals surface area (Å²) in [5, 5.41) is 4.21. The molecule has 3 aromatic rings. The van der Waals surface area contributed by atoms with Crippen LogP contribution in [0, 0.1) is 0 Å². The van der Waals surface area contributed by atoms with Gasteiger partial charge in [-0.1, -0.05) is 30.3 Å². The van der Waals surface area contributed by atoms with Crippen molar-refractivity contribution in [1.29, 1.82) is 0 Å². The summed E-state index contributed by atoms with van der Waals surface area (Å²) in [5.41, 5.74) is 3.32. The molecule has 0 aliphatic heterocycles. The van der Waals surface area contributed by atoms with Crippen molar-refractivity contribution in [2.45, 2.75) is 13.0 Å².